The summed E-state index contributed by atoms with van der Waals surface area (Å²) in [6.45, 7) is 31.2. The quantitative estimate of drug-likeness (QED) is 0.0743. The molecule has 0 aliphatic carbocycles. The number of carbonyl (C=O) groups is 2. The molecule has 0 saturated carbocycles. The molecule has 71 heavy (non-hydrogen) atoms. The van der Waals surface area contributed by atoms with Gasteiger partial charge in [-0.2, -0.15) is 0 Å². The smallest absolute Gasteiger partial charge is 0.248 e. The van der Waals surface area contributed by atoms with Crippen molar-refractivity contribution in [1.29, 1.82) is 5.41 Å². The topological polar surface area (TPSA) is 214 Å². The number of fused-ring (bicyclic) bond motifs is 2. The van der Waals surface area contributed by atoms with Crippen molar-refractivity contribution in [3.63, 3.8) is 0 Å². The Morgan fingerprint density at radius 3 is 1.39 bits per heavy atom. The molecule has 11 N–H and O–H groups in total. The van der Waals surface area contributed by atoms with Gasteiger partial charge >= 0.3 is 0 Å². The first-order chi connectivity index (χ1) is 32.5. The van der Waals surface area contributed by atoms with E-state index < -0.39 is 5.91 Å². The predicted octanol–water partition coefficient (Wildman–Crippen LogP) is 12.9. The number of aromatic nitrogens is 2. The van der Waals surface area contributed by atoms with Crippen LogP contribution < -0.4 is 28.7 Å². The number of nitrogens with two attached hydrogens (primary N) is 5. The summed E-state index contributed by atoms with van der Waals surface area (Å²) in [5.41, 5.74) is 34.0. The number of hydrogen-bond donors (Lipinski definition) is 6. The minimum atomic E-state index is -0.532. The van der Waals surface area contributed by atoms with Gasteiger partial charge in [0, 0.05) is 34.5 Å². The molecule has 2 aromatic heterocycles. The van der Waals surface area contributed by atoms with Crippen LogP contribution in [-0.4, -0.2) is 27.6 Å². The average molecular weight is 967 g/mol. The number of pyridine rings is 2. The molecular weight excluding hydrogens is 891 g/mol. The largest absolute Gasteiger partial charge is 0.384 e. The number of halogens is 2. The van der Waals surface area contributed by atoms with E-state index in [1.807, 2.05) is 75.4 Å². The summed E-state index contributed by atoms with van der Waals surface area (Å²) in [6.07, 6.45) is 3.35. The molecule has 378 valence electrons. The molecule has 2 heterocycles. The lowest BCUT2D eigenvalue weighted by atomic mass is 9.85. The van der Waals surface area contributed by atoms with Crippen molar-refractivity contribution >= 4 is 50.8 Å². The highest BCUT2D eigenvalue weighted by molar-refractivity contribution is 5.95. The van der Waals surface area contributed by atoms with Gasteiger partial charge in [0.25, 0.3) is 0 Å². The Hall–Kier alpha value is -7.21. The molecule has 0 spiro atoms. The number of amides is 2. The number of carbonyl (C=O) groups excluding carboxylic acids is 2. The number of nitrogen functional groups attached to an aromatic ring is 3. The van der Waals surface area contributed by atoms with Gasteiger partial charge in [-0.3, -0.25) is 15.0 Å². The van der Waals surface area contributed by atoms with Crippen LogP contribution in [0.1, 0.15) is 158 Å². The van der Waals surface area contributed by atoms with Crippen LogP contribution in [0.2, 0.25) is 0 Å². The highest BCUT2D eigenvalue weighted by Gasteiger charge is 2.21. The molecule has 2 amide bonds. The van der Waals surface area contributed by atoms with E-state index in [-0.39, 0.29) is 56.3 Å². The Bertz CT molecular complexity index is 2970. The maximum atomic E-state index is 13.9. The molecule has 0 saturated heterocycles. The number of benzene rings is 5. The van der Waals surface area contributed by atoms with Crippen molar-refractivity contribution in [2.75, 3.05) is 11.5 Å². The summed E-state index contributed by atoms with van der Waals surface area (Å²) in [5, 5.41) is 10.7. The van der Waals surface area contributed by atoms with Crippen LogP contribution in [0.25, 0.3) is 21.5 Å². The van der Waals surface area contributed by atoms with E-state index in [4.69, 9.17) is 34.1 Å². The molecule has 0 aliphatic rings. The lowest BCUT2D eigenvalue weighted by Gasteiger charge is -2.20. The molecule has 0 bridgehead atoms. The Kier molecular flexibility index (Phi) is 18.9. The van der Waals surface area contributed by atoms with Gasteiger partial charge < -0.3 is 28.7 Å². The Morgan fingerprint density at radius 2 is 0.901 bits per heavy atom. The summed E-state index contributed by atoms with van der Waals surface area (Å²) < 4.78 is 27.3. The van der Waals surface area contributed by atoms with Crippen LogP contribution in [0.5, 0.6) is 0 Å². The van der Waals surface area contributed by atoms with Crippen LogP contribution in [0.4, 0.5) is 20.4 Å². The first kappa shape index (κ1) is 58.1. The fourth-order valence-electron chi connectivity index (χ4n) is 6.93. The van der Waals surface area contributed by atoms with Gasteiger partial charge in [0.1, 0.15) is 29.1 Å². The molecule has 0 aliphatic heterocycles. The summed E-state index contributed by atoms with van der Waals surface area (Å²) in [5.74, 6) is -0.527. The summed E-state index contributed by atoms with van der Waals surface area (Å²) in [6, 6.07) is 33.1. The van der Waals surface area contributed by atoms with Gasteiger partial charge in [-0.1, -0.05) is 165 Å². The van der Waals surface area contributed by atoms with Gasteiger partial charge in [-0.05, 0) is 114 Å². The van der Waals surface area contributed by atoms with Crippen LogP contribution >= 0.6 is 0 Å². The summed E-state index contributed by atoms with van der Waals surface area (Å²) in [4.78, 5) is 29.8. The number of hydrogen-bond acceptors (Lipinski definition) is 7. The third-order valence-electron chi connectivity index (χ3n) is 11.5. The number of primary amides is 2. The van der Waals surface area contributed by atoms with Gasteiger partial charge in [0.15, 0.2) is 0 Å². The third-order valence-corrected chi connectivity index (χ3v) is 11.5. The van der Waals surface area contributed by atoms with Crippen molar-refractivity contribution in [2.45, 2.75) is 131 Å². The highest BCUT2D eigenvalue weighted by Crippen LogP contribution is 2.31. The number of nitrogens with one attached hydrogen (secondary N) is 1. The lowest BCUT2D eigenvalue weighted by molar-refractivity contribution is 0.0991. The zero-order chi connectivity index (χ0) is 54.0. The van der Waals surface area contributed by atoms with E-state index in [0.29, 0.717) is 27.9 Å². The van der Waals surface area contributed by atoms with Crippen molar-refractivity contribution in [3.05, 3.63) is 178 Å². The fraction of sp³-hybridized carbons (Fsp3) is 0.339. The molecule has 0 unspecified atom stereocenters. The zero-order valence-corrected chi connectivity index (χ0v) is 44.4. The number of anilines is 2. The molecule has 10 nitrogen and oxygen atoms in total. The van der Waals surface area contributed by atoms with Crippen LogP contribution in [0, 0.1) is 17.0 Å². The van der Waals surface area contributed by atoms with Crippen LogP contribution in [-0.2, 0) is 27.1 Å². The standard InChI is InChI=1S/C13H15FN2.C13H16N2.C11H14FNO.C11H16N2.C11H15NO/c1-13(2,3)9-6-8-4-5-16-12(15)11(8)10(14)7-9;1-13(2,3)10-4-5-11-9(8-10)6-7-15-12(11)14;1-11(2,3)8-6-7(10(13)14)4-5-9(8)12;1-11(2,3)9-6-4-8(5-7-9)10(12)13;1-11(2,3)9-6-4-5-8(7-9)10(12)13/h4-7H,1-3H3,(H2,15,16);4-8H,1-3H3,(H2,14,15);4-6H,1-3H3,(H2,13,14);4-7H,1-3H3,(H3,12,13);4-7H,1-3H3,(H2,12,13). The van der Waals surface area contributed by atoms with E-state index in [9.17, 15) is 18.4 Å². The summed E-state index contributed by atoms with van der Waals surface area (Å²) >= 11 is 0. The third kappa shape index (κ3) is 17.0. The van der Waals surface area contributed by atoms with Gasteiger partial charge in [-0.15, -0.1) is 0 Å². The number of rotatable bonds is 3. The minimum absolute atomic E-state index is 0.0610. The second-order valence-electron chi connectivity index (χ2n) is 22.6. The first-order valence-corrected chi connectivity index (χ1v) is 23.5. The fourth-order valence-corrected chi connectivity index (χ4v) is 6.93. The maximum Gasteiger partial charge on any atom is 0.248 e. The number of nitrogens with zero attached hydrogens (tertiary/aromatic N) is 2. The predicted molar refractivity (Wildman–Crippen MR) is 293 cm³/mol. The Balaban J connectivity index is 0.000000235. The lowest BCUT2D eigenvalue weighted by Crippen LogP contribution is -2.17. The molecule has 7 aromatic rings. The van der Waals surface area contributed by atoms with Crippen LogP contribution in [0.3, 0.4) is 0 Å². The average Bonchev–Trinajstić information content (AvgIpc) is 3.26. The SMILES string of the molecule is CC(C)(C)c1cc(C(N)=O)ccc1F.CC(C)(C)c1cc(F)c2c(N)nccc2c1.CC(C)(C)c1ccc(C(=N)N)cc1.CC(C)(C)c1ccc2c(N)nccc2c1.CC(C)(C)c1cccc(C(N)=O)c1. The van der Waals surface area contributed by atoms with E-state index >= 15 is 0 Å². The Labute approximate surface area is 420 Å². The van der Waals surface area contributed by atoms with Crippen molar-refractivity contribution < 1.29 is 18.4 Å². The molecule has 0 atom stereocenters. The normalized spacial score (nSPS) is 11.6. The number of amidine groups is 1. The van der Waals surface area contributed by atoms with Gasteiger partial charge in [0.2, 0.25) is 11.8 Å². The summed E-state index contributed by atoms with van der Waals surface area (Å²) in [7, 11) is 0. The van der Waals surface area contributed by atoms with E-state index in [2.05, 4.69) is 111 Å². The second-order valence-corrected chi connectivity index (χ2v) is 22.6. The van der Waals surface area contributed by atoms with E-state index in [1.54, 1.807) is 30.6 Å². The Morgan fingerprint density at radius 1 is 0.451 bits per heavy atom. The van der Waals surface area contributed by atoms with Gasteiger partial charge in [0.05, 0.1) is 5.39 Å². The molecule has 5 aromatic carbocycles. The zero-order valence-electron chi connectivity index (χ0n) is 44.4. The molecule has 0 radical (unpaired) electrons. The van der Waals surface area contributed by atoms with E-state index in [1.165, 1.54) is 29.3 Å². The van der Waals surface area contributed by atoms with Gasteiger partial charge in [-0.25, -0.2) is 18.7 Å². The monoisotopic (exact) mass is 967 g/mol. The maximum absolute atomic E-state index is 13.9. The first-order valence-electron chi connectivity index (χ1n) is 23.5. The van der Waals surface area contributed by atoms with Crippen molar-refractivity contribution in [2.24, 2.45) is 17.2 Å². The minimum Gasteiger partial charge on any atom is -0.384 e. The highest BCUT2D eigenvalue weighted by atomic mass is 19.1. The molecule has 12 heteroatoms. The van der Waals surface area contributed by atoms with Crippen molar-refractivity contribution in [3.8, 4) is 0 Å². The molecule has 0 fully saturated rings. The van der Waals surface area contributed by atoms with E-state index in [0.717, 1.165) is 32.8 Å². The van der Waals surface area contributed by atoms with Crippen molar-refractivity contribution in [1.82, 2.24) is 9.97 Å². The van der Waals surface area contributed by atoms with Crippen LogP contribution in [0.15, 0.2) is 122 Å². The molecular formula is C59H76F2N8O2. The second kappa shape index (κ2) is 23.1. The molecule has 7 rings (SSSR count).